The fourth-order valence-electron chi connectivity index (χ4n) is 4.88. The fourth-order valence-corrected chi connectivity index (χ4v) is 4.88. The summed E-state index contributed by atoms with van der Waals surface area (Å²) in [6.45, 7) is 6.88. The smallest absolute Gasteiger partial charge is 0.251 e. The number of hydrogen-bond donors (Lipinski definition) is 3. The molecular weight excluding hydrogens is 454 g/mol. The van der Waals surface area contributed by atoms with Crippen molar-refractivity contribution in [3.05, 3.63) is 71.5 Å². The molecule has 2 aromatic carbocycles. The van der Waals surface area contributed by atoms with E-state index in [2.05, 4.69) is 25.5 Å². The van der Waals surface area contributed by atoms with Gasteiger partial charge in [-0.2, -0.15) is 5.10 Å². The van der Waals surface area contributed by atoms with Crippen LogP contribution in [-0.2, 0) is 16.8 Å². The second kappa shape index (κ2) is 8.01. The maximum Gasteiger partial charge on any atom is 0.251 e. The Balaban J connectivity index is 1.35. The predicted molar refractivity (Wildman–Crippen MR) is 138 cm³/mol. The molecule has 1 aliphatic heterocycles. The number of anilines is 1. The van der Waals surface area contributed by atoms with Crippen LogP contribution in [0.3, 0.4) is 0 Å². The normalized spacial score (nSPS) is 14.5. The quantitative estimate of drug-likeness (QED) is 0.351. The Bertz CT molecular complexity index is 1650. The first-order valence-electron chi connectivity index (χ1n) is 11.9. The van der Waals surface area contributed by atoms with Crippen molar-refractivity contribution in [2.45, 2.75) is 32.7 Å². The highest BCUT2D eigenvalue weighted by molar-refractivity contribution is 6.09. The van der Waals surface area contributed by atoms with Gasteiger partial charge >= 0.3 is 0 Å². The number of aromatic nitrogens is 5. The van der Waals surface area contributed by atoms with Crippen LogP contribution in [-0.4, -0.2) is 43.5 Å². The third-order valence-corrected chi connectivity index (χ3v) is 6.88. The lowest BCUT2D eigenvalue weighted by Gasteiger charge is -2.18. The van der Waals surface area contributed by atoms with Crippen LogP contribution in [0.2, 0.25) is 0 Å². The molecule has 5 aromatic rings. The van der Waals surface area contributed by atoms with E-state index in [1.807, 2.05) is 62.1 Å². The van der Waals surface area contributed by atoms with Crippen molar-refractivity contribution in [1.29, 1.82) is 0 Å². The van der Waals surface area contributed by atoms with Crippen molar-refractivity contribution in [1.82, 2.24) is 30.5 Å². The Morgan fingerprint density at radius 1 is 1.14 bits per heavy atom. The standard InChI is InChI=1S/C27H25N7O2/c1-4-34-22-12-21-20(11-18(22)27(2,3)26(34)36)30-24(31-21)23-17-10-16(7-8-19(17)32-33-23)25(35)29-14-15-6-5-9-28-13-15/h5-13H,4,14H2,1-3H3,(H,29,35)(H,30,31)(H,32,33). The van der Waals surface area contributed by atoms with Gasteiger partial charge in [0.15, 0.2) is 5.82 Å². The van der Waals surface area contributed by atoms with E-state index in [4.69, 9.17) is 4.98 Å². The number of hydrogen-bond acceptors (Lipinski definition) is 5. The van der Waals surface area contributed by atoms with E-state index in [1.165, 1.54) is 0 Å². The number of carbonyl (C=O) groups excluding carboxylic acids is 2. The topological polar surface area (TPSA) is 120 Å². The van der Waals surface area contributed by atoms with Gasteiger partial charge in [-0.1, -0.05) is 6.07 Å². The zero-order valence-corrected chi connectivity index (χ0v) is 20.2. The molecule has 3 N–H and O–H groups in total. The summed E-state index contributed by atoms with van der Waals surface area (Å²) in [5.74, 6) is 0.515. The van der Waals surface area contributed by atoms with Gasteiger partial charge < -0.3 is 15.2 Å². The monoisotopic (exact) mass is 479 g/mol. The molecule has 36 heavy (non-hydrogen) atoms. The zero-order chi connectivity index (χ0) is 25.0. The molecule has 0 aliphatic carbocycles. The van der Waals surface area contributed by atoms with E-state index >= 15 is 0 Å². The predicted octanol–water partition coefficient (Wildman–Crippen LogP) is 4.08. The fraction of sp³-hybridized carbons (Fsp3) is 0.222. The molecule has 9 heteroatoms. The van der Waals surface area contributed by atoms with Gasteiger partial charge in [0, 0.05) is 36.4 Å². The number of H-pyrrole nitrogens is 2. The van der Waals surface area contributed by atoms with Gasteiger partial charge in [0.25, 0.3) is 5.91 Å². The second-order valence-electron chi connectivity index (χ2n) is 9.52. The van der Waals surface area contributed by atoms with Gasteiger partial charge in [-0.3, -0.25) is 19.7 Å². The highest BCUT2D eigenvalue weighted by Crippen LogP contribution is 2.43. The molecule has 4 heterocycles. The summed E-state index contributed by atoms with van der Waals surface area (Å²) in [5, 5.41) is 11.2. The number of benzene rings is 2. The Morgan fingerprint density at radius 2 is 2.00 bits per heavy atom. The lowest BCUT2D eigenvalue weighted by molar-refractivity contribution is -0.122. The van der Waals surface area contributed by atoms with Gasteiger partial charge in [-0.05, 0) is 68.3 Å². The molecule has 0 unspecified atom stereocenters. The number of amides is 2. The van der Waals surface area contributed by atoms with Crippen molar-refractivity contribution >= 4 is 39.4 Å². The minimum Gasteiger partial charge on any atom is -0.348 e. The van der Waals surface area contributed by atoms with Crippen molar-refractivity contribution in [2.24, 2.45) is 0 Å². The number of likely N-dealkylation sites (N-methyl/N-ethyl adjacent to an activating group) is 1. The van der Waals surface area contributed by atoms with Crippen LogP contribution in [0.1, 0.15) is 42.3 Å². The van der Waals surface area contributed by atoms with Crippen LogP contribution in [0, 0.1) is 0 Å². The van der Waals surface area contributed by atoms with Gasteiger partial charge in [-0.15, -0.1) is 0 Å². The van der Waals surface area contributed by atoms with E-state index in [1.54, 1.807) is 18.5 Å². The number of aromatic amines is 2. The molecule has 1 aliphatic rings. The zero-order valence-electron chi connectivity index (χ0n) is 20.2. The molecule has 2 amide bonds. The molecule has 0 saturated carbocycles. The average Bonchev–Trinajstić information content (AvgIpc) is 3.54. The highest BCUT2D eigenvalue weighted by Gasteiger charge is 2.43. The van der Waals surface area contributed by atoms with E-state index in [0.29, 0.717) is 30.2 Å². The molecule has 9 nitrogen and oxygen atoms in total. The van der Waals surface area contributed by atoms with Crippen molar-refractivity contribution in [3.63, 3.8) is 0 Å². The average molecular weight is 480 g/mol. The number of imidazole rings is 1. The Morgan fingerprint density at radius 3 is 2.78 bits per heavy atom. The molecule has 6 rings (SSSR count). The van der Waals surface area contributed by atoms with Gasteiger partial charge in [-0.25, -0.2) is 4.98 Å². The lowest BCUT2D eigenvalue weighted by atomic mass is 9.86. The molecule has 0 saturated heterocycles. The summed E-state index contributed by atoms with van der Waals surface area (Å²) in [4.78, 5) is 39.7. The molecular formula is C27H25N7O2. The third-order valence-electron chi connectivity index (χ3n) is 6.88. The maximum absolute atomic E-state index is 12.9. The van der Waals surface area contributed by atoms with E-state index in [0.717, 1.165) is 38.8 Å². The van der Waals surface area contributed by atoms with Crippen molar-refractivity contribution < 1.29 is 9.59 Å². The summed E-state index contributed by atoms with van der Waals surface area (Å²) < 4.78 is 0. The summed E-state index contributed by atoms with van der Waals surface area (Å²) in [7, 11) is 0. The largest absolute Gasteiger partial charge is 0.348 e. The molecule has 0 bridgehead atoms. The highest BCUT2D eigenvalue weighted by atomic mass is 16.2. The molecule has 0 fully saturated rings. The first kappa shape index (κ1) is 22.0. The lowest BCUT2D eigenvalue weighted by Crippen LogP contribution is -2.35. The van der Waals surface area contributed by atoms with Crippen molar-refractivity contribution in [3.8, 4) is 11.5 Å². The molecule has 0 atom stereocenters. The van der Waals surface area contributed by atoms with E-state index < -0.39 is 5.41 Å². The van der Waals surface area contributed by atoms with Gasteiger partial charge in [0.2, 0.25) is 5.91 Å². The van der Waals surface area contributed by atoms with Crippen LogP contribution in [0.4, 0.5) is 5.69 Å². The number of rotatable bonds is 5. The first-order valence-corrected chi connectivity index (χ1v) is 11.9. The minimum absolute atomic E-state index is 0.0977. The van der Waals surface area contributed by atoms with Crippen LogP contribution in [0.15, 0.2) is 54.9 Å². The molecule has 0 spiro atoms. The van der Waals surface area contributed by atoms with Crippen LogP contribution in [0.25, 0.3) is 33.5 Å². The Labute approximate surface area is 207 Å². The third kappa shape index (κ3) is 3.35. The number of nitrogens with zero attached hydrogens (tertiary/aromatic N) is 4. The van der Waals surface area contributed by atoms with Crippen LogP contribution < -0.4 is 10.2 Å². The van der Waals surface area contributed by atoms with Gasteiger partial charge in [0.1, 0.15) is 5.69 Å². The number of pyridine rings is 1. The molecule has 0 radical (unpaired) electrons. The molecule has 3 aromatic heterocycles. The Hall–Kier alpha value is -4.53. The maximum atomic E-state index is 12.9. The summed E-state index contributed by atoms with van der Waals surface area (Å²) in [6.07, 6.45) is 3.43. The minimum atomic E-state index is -0.595. The number of carbonyl (C=O) groups is 2. The van der Waals surface area contributed by atoms with Crippen molar-refractivity contribution in [2.75, 3.05) is 11.4 Å². The summed E-state index contributed by atoms with van der Waals surface area (Å²) >= 11 is 0. The van der Waals surface area contributed by atoms with Crippen LogP contribution >= 0.6 is 0 Å². The van der Waals surface area contributed by atoms with Gasteiger partial charge in [0.05, 0.1) is 27.7 Å². The van der Waals surface area contributed by atoms with E-state index in [-0.39, 0.29) is 11.8 Å². The summed E-state index contributed by atoms with van der Waals surface area (Å²) in [5.41, 5.74) is 5.78. The first-order chi connectivity index (χ1) is 17.4. The van der Waals surface area contributed by atoms with Crippen LogP contribution in [0.5, 0.6) is 0 Å². The second-order valence-corrected chi connectivity index (χ2v) is 9.52. The molecule has 180 valence electrons. The Kier molecular flexibility index (Phi) is 4.89. The van der Waals surface area contributed by atoms with E-state index in [9.17, 15) is 9.59 Å². The number of nitrogens with one attached hydrogen (secondary N) is 3. The summed E-state index contributed by atoms with van der Waals surface area (Å²) in [6, 6.07) is 13.2. The SMILES string of the molecule is CCN1C(=O)C(C)(C)c2cc3[nH]c(-c4n[nH]c5ccc(C(=O)NCc6cccnc6)cc45)nc3cc21. The number of fused-ring (bicyclic) bond motifs is 3.